The van der Waals surface area contributed by atoms with Crippen molar-refractivity contribution >= 4 is 11.4 Å². The summed E-state index contributed by atoms with van der Waals surface area (Å²) < 4.78 is 14.6. The minimum Gasteiger partial charge on any atom is -0.508 e. The monoisotopic (exact) mass is 461 g/mol. The van der Waals surface area contributed by atoms with Crippen LogP contribution in [0.1, 0.15) is 36.5 Å². The molecule has 180 valence electrons. The average Bonchev–Trinajstić information content (AvgIpc) is 2.80. The van der Waals surface area contributed by atoms with Crippen molar-refractivity contribution in [2.75, 3.05) is 38.3 Å². The Hall–Kier alpha value is -2.67. The number of nitrogens with zero attached hydrogens (tertiary/aromatic N) is 5. The summed E-state index contributed by atoms with van der Waals surface area (Å²) in [6, 6.07) is 10.5. The number of anilines is 1. The molecule has 0 spiro atoms. The van der Waals surface area contributed by atoms with E-state index in [9.17, 15) is 14.5 Å². The molecule has 1 aliphatic heterocycles. The summed E-state index contributed by atoms with van der Waals surface area (Å²) in [4.78, 5) is 18.7. The molecule has 0 unspecified atom stereocenters. The van der Waals surface area contributed by atoms with Crippen LogP contribution in [-0.4, -0.2) is 53.7 Å². The smallest absolute Gasteiger partial charge is 0.121 e. The molecule has 0 bridgehead atoms. The first kappa shape index (κ1) is 25.0. The van der Waals surface area contributed by atoms with Gasteiger partial charge in [0.1, 0.15) is 11.4 Å². The number of phenolic OH excluding ortho intramolecular Hbond substituents is 1. The number of nitroso groups, excluding NO2 is 1. The van der Waals surface area contributed by atoms with E-state index in [2.05, 4.69) is 15.4 Å². The summed E-state index contributed by atoms with van der Waals surface area (Å²) >= 11 is 0. The SMILES string of the molecule is CC(C)c1cc(CN(N)N(F)ON(C)c2ccc(CN3CCNCC3)cc2)c(N=O)cc1O. The summed E-state index contributed by atoms with van der Waals surface area (Å²) in [6.07, 6.45) is 0. The van der Waals surface area contributed by atoms with Gasteiger partial charge in [0.2, 0.25) is 0 Å². The van der Waals surface area contributed by atoms with Crippen LogP contribution in [0, 0.1) is 4.91 Å². The summed E-state index contributed by atoms with van der Waals surface area (Å²) in [5.74, 6) is 5.76. The van der Waals surface area contributed by atoms with E-state index in [1.807, 2.05) is 38.1 Å². The Balaban J connectivity index is 1.59. The van der Waals surface area contributed by atoms with Crippen LogP contribution in [0.2, 0.25) is 0 Å². The Kier molecular flexibility index (Phi) is 8.67. The average molecular weight is 462 g/mol. The number of nitrogens with two attached hydrogens (primary N) is 1. The zero-order chi connectivity index (χ0) is 24.0. The van der Waals surface area contributed by atoms with E-state index in [0.717, 1.165) is 38.3 Å². The fourth-order valence-electron chi connectivity index (χ4n) is 3.68. The van der Waals surface area contributed by atoms with Crippen molar-refractivity contribution in [3.63, 3.8) is 0 Å². The van der Waals surface area contributed by atoms with Crippen LogP contribution in [-0.2, 0) is 18.0 Å². The second-order valence-corrected chi connectivity index (χ2v) is 8.38. The van der Waals surface area contributed by atoms with Gasteiger partial charge in [0.05, 0.1) is 17.6 Å². The number of aromatic hydroxyl groups is 1. The number of phenols is 1. The van der Waals surface area contributed by atoms with Crippen LogP contribution in [0.25, 0.3) is 0 Å². The van der Waals surface area contributed by atoms with Crippen molar-refractivity contribution < 1.29 is 14.5 Å². The highest BCUT2D eigenvalue weighted by Crippen LogP contribution is 2.33. The largest absolute Gasteiger partial charge is 0.508 e. The number of halogens is 1. The second kappa shape index (κ2) is 11.5. The lowest BCUT2D eigenvalue weighted by atomic mass is 9.98. The van der Waals surface area contributed by atoms with E-state index in [1.54, 1.807) is 13.1 Å². The van der Waals surface area contributed by atoms with E-state index in [4.69, 9.17) is 10.8 Å². The van der Waals surface area contributed by atoms with Gasteiger partial charge in [-0.25, -0.2) is 5.06 Å². The van der Waals surface area contributed by atoms with Gasteiger partial charge in [-0.05, 0) is 46.0 Å². The van der Waals surface area contributed by atoms with Crippen molar-refractivity contribution in [1.82, 2.24) is 20.7 Å². The number of piperazine rings is 1. The third-order valence-corrected chi connectivity index (χ3v) is 5.59. The number of hydrogen-bond acceptors (Lipinski definition) is 10. The molecule has 0 atom stereocenters. The molecule has 1 saturated heterocycles. The first-order valence-corrected chi connectivity index (χ1v) is 10.9. The minimum absolute atomic E-state index is 0.00547. The molecule has 3 rings (SSSR count). The van der Waals surface area contributed by atoms with Crippen molar-refractivity contribution in [3.8, 4) is 5.75 Å². The number of rotatable bonds is 10. The first-order valence-electron chi connectivity index (χ1n) is 10.9. The lowest BCUT2D eigenvalue weighted by Crippen LogP contribution is -2.45. The Morgan fingerprint density at radius 1 is 1.24 bits per heavy atom. The van der Waals surface area contributed by atoms with Crippen LogP contribution in [0.5, 0.6) is 5.75 Å². The predicted octanol–water partition coefficient (Wildman–Crippen LogP) is 3.08. The fraction of sp³-hybridized carbons (Fsp3) is 0.455. The highest BCUT2D eigenvalue weighted by atomic mass is 19.2. The number of hydrazine groups is 2. The summed E-state index contributed by atoms with van der Waals surface area (Å²) in [5.41, 5.74) is 2.75. The number of hydrogen-bond donors (Lipinski definition) is 3. The Labute approximate surface area is 193 Å². The summed E-state index contributed by atoms with van der Waals surface area (Å²) in [7, 11) is 1.56. The normalized spacial score (nSPS) is 14.9. The van der Waals surface area contributed by atoms with Crippen molar-refractivity contribution in [2.24, 2.45) is 11.0 Å². The molecule has 0 amide bonds. The zero-order valence-electron chi connectivity index (χ0n) is 19.2. The van der Waals surface area contributed by atoms with E-state index < -0.39 is 0 Å². The molecule has 4 N–H and O–H groups in total. The molecule has 0 aromatic heterocycles. The fourth-order valence-corrected chi connectivity index (χ4v) is 3.68. The molecule has 2 aromatic carbocycles. The lowest BCUT2D eigenvalue weighted by molar-refractivity contribution is -0.400. The highest BCUT2D eigenvalue weighted by Gasteiger charge is 2.20. The summed E-state index contributed by atoms with van der Waals surface area (Å²) in [6.45, 7) is 8.44. The van der Waals surface area contributed by atoms with Crippen LogP contribution < -0.4 is 16.2 Å². The van der Waals surface area contributed by atoms with Gasteiger partial charge in [0, 0.05) is 45.8 Å². The number of benzene rings is 2. The van der Waals surface area contributed by atoms with Gasteiger partial charge in [-0.1, -0.05) is 30.5 Å². The molecule has 1 heterocycles. The van der Waals surface area contributed by atoms with E-state index in [-0.39, 0.29) is 29.3 Å². The van der Waals surface area contributed by atoms with Gasteiger partial charge in [-0.15, -0.1) is 15.0 Å². The number of hydroxylamine groups is 1. The standard InChI is InChI=1S/C22H32FN7O3/c1-16(2)20-12-18(21(26-32)13-22(20)31)15-29(24)30(23)33-27(3)19-6-4-17(5-7-19)14-28-10-8-25-9-11-28/h4-7,12-13,16,25,31H,8-11,14-15,24H2,1-3H3. The Bertz CT molecular complexity index is 923. The molecule has 1 fully saturated rings. The van der Waals surface area contributed by atoms with Crippen molar-refractivity contribution in [2.45, 2.75) is 32.9 Å². The predicted molar refractivity (Wildman–Crippen MR) is 124 cm³/mol. The zero-order valence-corrected chi connectivity index (χ0v) is 19.2. The van der Waals surface area contributed by atoms with Gasteiger partial charge in [-0.2, -0.15) is 0 Å². The summed E-state index contributed by atoms with van der Waals surface area (Å²) in [5, 5.41) is 18.1. The van der Waals surface area contributed by atoms with Crippen LogP contribution in [0.4, 0.5) is 15.9 Å². The molecule has 2 aromatic rings. The quantitative estimate of drug-likeness (QED) is 0.213. The van der Waals surface area contributed by atoms with Crippen molar-refractivity contribution in [3.05, 3.63) is 58.0 Å². The van der Waals surface area contributed by atoms with E-state index in [0.29, 0.717) is 21.9 Å². The highest BCUT2D eigenvalue weighted by molar-refractivity contribution is 5.54. The molecular weight excluding hydrogens is 429 g/mol. The molecule has 0 aliphatic carbocycles. The maximum atomic E-state index is 14.6. The van der Waals surface area contributed by atoms with Crippen LogP contribution >= 0.6 is 0 Å². The Morgan fingerprint density at radius 3 is 2.52 bits per heavy atom. The number of nitrogens with one attached hydrogen (secondary N) is 1. The van der Waals surface area contributed by atoms with E-state index >= 15 is 0 Å². The minimum atomic E-state index is -0.199. The lowest BCUT2D eigenvalue weighted by Gasteiger charge is -2.28. The Morgan fingerprint density at radius 2 is 1.91 bits per heavy atom. The molecule has 33 heavy (non-hydrogen) atoms. The second-order valence-electron chi connectivity index (χ2n) is 8.38. The van der Waals surface area contributed by atoms with Gasteiger partial charge in [0.15, 0.2) is 0 Å². The van der Waals surface area contributed by atoms with E-state index in [1.165, 1.54) is 11.1 Å². The van der Waals surface area contributed by atoms with Crippen LogP contribution in [0.15, 0.2) is 41.6 Å². The third kappa shape index (κ3) is 6.67. The van der Waals surface area contributed by atoms with Gasteiger partial charge in [0.25, 0.3) is 0 Å². The maximum Gasteiger partial charge on any atom is 0.121 e. The third-order valence-electron chi connectivity index (χ3n) is 5.59. The van der Waals surface area contributed by atoms with Crippen LogP contribution in [0.3, 0.4) is 0 Å². The van der Waals surface area contributed by atoms with Gasteiger partial charge >= 0.3 is 0 Å². The molecule has 1 aliphatic rings. The van der Waals surface area contributed by atoms with Gasteiger partial charge in [-0.3, -0.25) is 10.7 Å². The topological polar surface area (TPSA) is 110 Å². The van der Waals surface area contributed by atoms with Gasteiger partial charge < -0.3 is 10.4 Å². The maximum absolute atomic E-state index is 14.6. The molecule has 0 saturated carbocycles. The van der Waals surface area contributed by atoms with Crippen molar-refractivity contribution in [1.29, 1.82) is 0 Å². The first-order chi connectivity index (χ1) is 15.8. The molecule has 0 radical (unpaired) electrons. The molecular formula is C22H32FN7O3. The molecule has 11 heteroatoms. The molecule has 10 nitrogen and oxygen atoms in total.